The molecule has 0 aliphatic carbocycles. The Morgan fingerprint density at radius 1 is 1.19 bits per heavy atom. The number of hydrogen-bond acceptors (Lipinski definition) is 5. The number of alkyl halides is 3. The van der Waals surface area contributed by atoms with Gasteiger partial charge >= 0.3 is 6.18 Å². The van der Waals surface area contributed by atoms with E-state index < -0.39 is 17.6 Å². The highest BCUT2D eigenvalue weighted by molar-refractivity contribution is 9.10. The van der Waals surface area contributed by atoms with Gasteiger partial charge in [0.25, 0.3) is 5.91 Å². The highest BCUT2D eigenvalue weighted by atomic mass is 79.9. The summed E-state index contributed by atoms with van der Waals surface area (Å²) in [5, 5.41) is 10.3. The van der Waals surface area contributed by atoms with E-state index in [1.165, 1.54) is 11.8 Å². The SMILES string of the molecule is COCCOc1ccc(C(F)(F)F)cc1NC(=O)c1nnn(-c2cccc(Br)c2)c1C. The molecule has 0 spiro atoms. The molecule has 31 heavy (non-hydrogen) atoms. The fraction of sp³-hybridized carbons (Fsp3) is 0.250. The van der Waals surface area contributed by atoms with Gasteiger partial charge in [-0.25, -0.2) is 4.68 Å². The molecule has 0 saturated carbocycles. The first-order valence-electron chi connectivity index (χ1n) is 9.03. The van der Waals surface area contributed by atoms with Crippen LogP contribution in [-0.2, 0) is 10.9 Å². The molecule has 0 saturated heterocycles. The van der Waals surface area contributed by atoms with Gasteiger partial charge in [0, 0.05) is 11.6 Å². The van der Waals surface area contributed by atoms with Crippen molar-refractivity contribution < 1.29 is 27.4 Å². The highest BCUT2D eigenvalue weighted by Crippen LogP contribution is 2.35. The lowest BCUT2D eigenvalue weighted by atomic mass is 10.1. The topological polar surface area (TPSA) is 78.3 Å². The molecular formula is C20H18BrF3N4O3. The van der Waals surface area contributed by atoms with Gasteiger partial charge in [-0.05, 0) is 43.3 Å². The zero-order valence-corrected chi connectivity index (χ0v) is 18.1. The van der Waals surface area contributed by atoms with Crippen molar-refractivity contribution >= 4 is 27.5 Å². The van der Waals surface area contributed by atoms with Gasteiger partial charge in [-0.15, -0.1) is 5.10 Å². The van der Waals surface area contributed by atoms with E-state index in [1.54, 1.807) is 25.1 Å². The molecule has 164 valence electrons. The molecule has 3 rings (SSSR count). The average Bonchev–Trinajstić information content (AvgIpc) is 3.10. The summed E-state index contributed by atoms with van der Waals surface area (Å²) in [5.41, 5.74) is 0.00877. The number of rotatable bonds is 7. The smallest absolute Gasteiger partial charge is 0.416 e. The Kier molecular flexibility index (Phi) is 6.96. The van der Waals surface area contributed by atoms with Crippen LogP contribution in [0, 0.1) is 6.92 Å². The standard InChI is InChI=1S/C20H18BrF3N4O3/c1-12-18(26-27-28(12)15-5-3-4-14(21)11-15)19(29)25-16-10-13(20(22,23)24)6-7-17(16)31-9-8-30-2/h3-7,10-11H,8-9H2,1-2H3,(H,25,29). The summed E-state index contributed by atoms with van der Waals surface area (Å²) in [6, 6.07) is 10.1. The first-order valence-corrected chi connectivity index (χ1v) is 9.82. The molecule has 0 bridgehead atoms. The number of ether oxygens (including phenoxy) is 2. The zero-order valence-electron chi connectivity index (χ0n) is 16.5. The Balaban J connectivity index is 1.90. The minimum Gasteiger partial charge on any atom is -0.489 e. The third-order valence-electron chi connectivity index (χ3n) is 4.26. The van der Waals surface area contributed by atoms with Crippen molar-refractivity contribution in [1.29, 1.82) is 0 Å². The fourth-order valence-electron chi connectivity index (χ4n) is 2.74. The van der Waals surface area contributed by atoms with E-state index in [-0.39, 0.29) is 30.3 Å². The Bertz CT molecular complexity index is 1090. The maximum Gasteiger partial charge on any atom is 0.416 e. The van der Waals surface area contributed by atoms with Crippen LogP contribution in [0.4, 0.5) is 18.9 Å². The Morgan fingerprint density at radius 3 is 2.65 bits per heavy atom. The molecule has 7 nitrogen and oxygen atoms in total. The maximum atomic E-state index is 13.2. The number of halogens is 4. The van der Waals surface area contributed by atoms with E-state index >= 15 is 0 Å². The minimum absolute atomic E-state index is 0.0276. The van der Waals surface area contributed by atoms with Crippen LogP contribution in [0.25, 0.3) is 5.69 Å². The molecule has 1 aromatic heterocycles. The number of aromatic nitrogens is 3. The molecule has 1 amide bonds. The van der Waals surface area contributed by atoms with Gasteiger partial charge in [-0.1, -0.05) is 27.2 Å². The van der Waals surface area contributed by atoms with Crippen LogP contribution in [0.2, 0.25) is 0 Å². The number of benzene rings is 2. The van der Waals surface area contributed by atoms with Crippen molar-refractivity contribution in [3.05, 3.63) is 63.9 Å². The van der Waals surface area contributed by atoms with Crippen LogP contribution in [0.1, 0.15) is 21.7 Å². The molecule has 0 aliphatic rings. The van der Waals surface area contributed by atoms with Crippen molar-refractivity contribution in [2.24, 2.45) is 0 Å². The maximum absolute atomic E-state index is 13.2. The van der Waals surface area contributed by atoms with Gasteiger partial charge in [-0.3, -0.25) is 4.79 Å². The van der Waals surface area contributed by atoms with E-state index in [4.69, 9.17) is 9.47 Å². The summed E-state index contributed by atoms with van der Waals surface area (Å²) in [4.78, 5) is 12.8. The predicted molar refractivity (Wildman–Crippen MR) is 111 cm³/mol. The third-order valence-corrected chi connectivity index (χ3v) is 4.76. The number of carbonyl (C=O) groups excluding carboxylic acids is 1. The largest absolute Gasteiger partial charge is 0.489 e. The number of anilines is 1. The van der Waals surface area contributed by atoms with Crippen LogP contribution >= 0.6 is 15.9 Å². The molecule has 2 aromatic carbocycles. The van der Waals surface area contributed by atoms with Crippen molar-refractivity contribution in [3.8, 4) is 11.4 Å². The molecule has 1 N–H and O–H groups in total. The van der Waals surface area contributed by atoms with Crippen LogP contribution in [0.15, 0.2) is 46.9 Å². The zero-order chi connectivity index (χ0) is 22.6. The van der Waals surface area contributed by atoms with Crippen LogP contribution in [0.5, 0.6) is 5.75 Å². The van der Waals surface area contributed by atoms with Crippen molar-refractivity contribution in [1.82, 2.24) is 15.0 Å². The van der Waals surface area contributed by atoms with E-state index in [9.17, 15) is 18.0 Å². The quantitative estimate of drug-likeness (QED) is 0.480. The molecule has 11 heteroatoms. The second-order valence-electron chi connectivity index (χ2n) is 6.42. The van der Waals surface area contributed by atoms with E-state index in [2.05, 4.69) is 31.6 Å². The monoisotopic (exact) mass is 498 g/mol. The molecule has 0 unspecified atom stereocenters. The Morgan fingerprint density at radius 2 is 1.97 bits per heavy atom. The Hall–Kier alpha value is -2.92. The highest BCUT2D eigenvalue weighted by Gasteiger charge is 2.31. The van der Waals surface area contributed by atoms with Crippen LogP contribution in [-0.4, -0.2) is 41.2 Å². The first-order chi connectivity index (χ1) is 14.7. The molecule has 3 aromatic rings. The third kappa shape index (κ3) is 5.42. The van der Waals surface area contributed by atoms with E-state index in [1.807, 2.05) is 6.07 Å². The van der Waals surface area contributed by atoms with Gasteiger partial charge in [-0.2, -0.15) is 13.2 Å². The lowest BCUT2D eigenvalue weighted by Crippen LogP contribution is -2.17. The summed E-state index contributed by atoms with van der Waals surface area (Å²) in [5.74, 6) is -0.634. The van der Waals surface area contributed by atoms with Crippen molar-refractivity contribution in [3.63, 3.8) is 0 Å². The summed E-state index contributed by atoms with van der Waals surface area (Å²) in [6.07, 6.45) is -4.58. The second kappa shape index (κ2) is 9.48. The van der Waals surface area contributed by atoms with Gasteiger partial charge in [0.1, 0.15) is 12.4 Å². The molecule has 0 fully saturated rings. The molecule has 0 radical (unpaired) electrons. The predicted octanol–water partition coefficient (Wildman–Crippen LogP) is 4.63. The van der Waals surface area contributed by atoms with Gasteiger partial charge in [0.15, 0.2) is 5.69 Å². The van der Waals surface area contributed by atoms with E-state index in [0.29, 0.717) is 11.4 Å². The van der Waals surface area contributed by atoms with Gasteiger partial charge in [0.05, 0.1) is 29.2 Å². The number of nitrogens with zero attached hydrogens (tertiary/aromatic N) is 3. The van der Waals surface area contributed by atoms with Crippen LogP contribution in [0.3, 0.4) is 0 Å². The minimum atomic E-state index is -4.58. The number of carbonyl (C=O) groups is 1. The fourth-order valence-corrected chi connectivity index (χ4v) is 3.13. The number of amides is 1. The first kappa shape index (κ1) is 22.8. The summed E-state index contributed by atoms with van der Waals surface area (Å²) >= 11 is 3.36. The lowest BCUT2D eigenvalue weighted by Gasteiger charge is -2.15. The number of nitrogens with one attached hydrogen (secondary N) is 1. The number of hydrogen-bond donors (Lipinski definition) is 1. The number of methoxy groups -OCH3 is 1. The molecule has 1 heterocycles. The van der Waals surface area contributed by atoms with Gasteiger partial charge in [0.2, 0.25) is 0 Å². The molecule has 0 atom stereocenters. The van der Waals surface area contributed by atoms with Crippen LogP contribution < -0.4 is 10.1 Å². The summed E-state index contributed by atoms with van der Waals surface area (Å²) in [7, 11) is 1.47. The lowest BCUT2D eigenvalue weighted by molar-refractivity contribution is -0.137. The molecular weight excluding hydrogens is 481 g/mol. The van der Waals surface area contributed by atoms with Gasteiger partial charge < -0.3 is 14.8 Å². The normalized spacial score (nSPS) is 11.4. The van der Waals surface area contributed by atoms with Crippen molar-refractivity contribution in [2.75, 3.05) is 25.6 Å². The molecule has 0 aliphatic heterocycles. The van der Waals surface area contributed by atoms with E-state index in [0.717, 1.165) is 22.7 Å². The van der Waals surface area contributed by atoms with Crippen molar-refractivity contribution in [2.45, 2.75) is 13.1 Å². The summed E-state index contributed by atoms with van der Waals surface area (Å²) < 4.78 is 52.1. The second-order valence-corrected chi connectivity index (χ2v) is 7.33. The Labute approximate surface area is 184 Å². The summed E-state index contributed by atoms with van der Waals surface area (Å²) in [6.45, 7) is 1.97. The average molecular weight is 499 g/mol.